The third kappa shape index (κ3) is 3.20. The minimum absolute atomic E-state index is 0.507. The first-order valence-electron chi connectivity index (χ1n) is 5.46. The van der Waals surface area contributed by atoms with Gasteiger partial charge in [-0.25, -0.2) is 9.97 Å². The third-order valence-corrected chi connectivity index (χ3v) is 3.63. The molecule has 0 spiro atoms. The van der Waals surface area contributed by atoms with Crippen LogP contribution >= 0.6 is 23.4 Å². The first-order valence-corrected chi connectivity index (χ1v) is 6.65. The summed E-state index contributed by atoms with van der Waals surface area (Å²) in [6.07, 6.45) is 0.794. The molecule has 0 radical (unpaired) electrons. The summed E-state index contributed by atoms with van der Waals surface area (Å²) >= 11 is 7.59. The molecule has 0 bridgehead atoms. The molecule has 0 atom stereocenters. The van der Waals surface area contributed by atoms with Crippen LogP contribution < -0.4 is 0 Å². The van der Waals surface area contributed by atoms with Crippen LogP contribution in [0.5, 0.6) is 0 Å². The Kier molecular flexibility index (Phi) is 4.02. The molecule has 1 aromatic heterocycles. The van der Waals surface area contributed by atoms with E-state index in [0.29, 0.717) is 5.15 Å². The maximum atomic E-state index is 5.97. The Morgan fingerprint density at radius 1 is 1.24 bits per heavy atom. The van der Waals surface area contributed by atoms with E-state index in [1.54, 1.807) is 17.8 Å². The van der Waals surface area contributed by atoms with Crippen molar-refractivity contribution in [3.63, 3.8) is 0 Å². The topological polar surface area (TPSA) is 25.8 Å². The Morgan fingerprint density at radius 2 is 2.00 bits per heavy atom. The van der Waals surface area contributed by atoms with E-state index in [9.17, 15) is 0 Å². The minimum atomic E-state index is 0.507. The van der Waals surface area contributed by atoms with Crippen molar-refractivity contribution in [3.05, 3.63) is 46.9 Å². The molecule has 0 amide bonds. The Labute approximate surface area is 110 Å². The number of hydrogen-bond donors (Lipinski definition) is 0. The molecule has 4 heteroatoms. The van der Waals surface area contributed by atoms with Crippen LogP contribution in [0.2, 0.25) is 5.15 Å². The zero-order chi connectivity index (χ0) is 12.3. The first kappa shape index (κ1) is 12.4. The lowest BCUT2D eigenvalue weighted by atomic mass is 10.2. The van der Waals surface area contributed by atoms with E-state index in [1.165, 1.54) is 10.5 Å². The van der Waals surface area contributed by atoms with Gasteiger partial charge in [0.05, 0.1) is 0 Å². The number of rotatable bonds is 3. The van der Waals surface area contributed by atoms with Gasteiger partial charge in [-0.1, -0.05) is 48.5 Å². The minimum Gasteiger partial charge on any atom is -0.226 e. The lowest BCUT2D eigenvalue weighted by molar-refractivity contribution is 0.889. The monoisotopic (exact) mass is 264 g/mol. The molecule has 0 saturated heterocycles. The molecule has 0 aliphatic rings. The molecule has 0 unspecified atom stereocenters. The highest BCUT2D eigenvalue weighted by Gasteiger charge is 2.05. The molecule has 1 aromatic carbocycles. The molecule has 2 rings (SSSR count). The van der Waals surface area contributed by atoms with Gasteiger partial charge >= 0.3 is 0 Å². The van der Waals surface area contributed by atoms with Crippen LogP contribution in [0, 0.1) is 6.92 Å². The van der Waals surface area contributed by atoms with E-state index in [-0.39, 0.29) is 0 Å². The van der Waals surface area contributed by atoms with E-state index in [4.69, 9.17) is 11.6 Å². The molecule has 0 N–H and O–H groups in total. The molecule has 2 nitrogen and oxygen atoms in total. The lowest BCUT2D eigenvalue weighted by Gasteiger charge is -2.05. The highest BCUT2D eigenvalue weighted by Crippen LogP contribution is 2.29. The zero-order valence-corrected chi connectivity index (χ0v) is 11.3. The van der Waals surface area contributed by atoms with Crippen molar-refractivity contribution < 1.29 is 0 Å². The van der Waals surface area contributed by atoms with E-state index in [1.807, 2.05) is 19.1 Å². The predicted octanol–water partition coefficient (Wildman–Crippen LogP) is 4.15. The van der Waals surface area contributed by atoms with Gasteiger partial charge in [-0.15, -0.1) is 0 Å². The number of aryl methyl sites for hydroxylation is 2. The maximum Gasteiger partial charge on any atom is 0.133 e. The van der Waals surface area contributed by atoms with Gasteiger partial charge in [0.25, 0.3) is 0 Å². The van der Waals surface area contributed by atoms with Crippen LogP contribution in [0.3, 0.4) is 0 Å². The summed E-state index contributed by atoms with van der Waals surface area (Å²) in [6.45, 7) is 4.11. The largest absolute Gasteiger partial charge is 0.226 e. The molecule has 0 fully saturated rings. The fourth-order valence-corrected chi connectivity index (χ4v) is 2.62. The standard InChI is InChI=1S/C13H13ClN2S/c1-3-12-15-11(14)8-13(16-12)17-10-7-5-4-6-9(10)2/h4-8H,3H2,1-2H3. The van der Waals surface area contributed by atoms with Crippen molar-refractivity contribution >= 4 is 23.4 Å². The Morgan fingerprint density at radius 3 is 2.71 bits per heavy atom. The average Bonchev–Trinajstić information content (AvgIpc) is 2.31. The SMILES string of the molecule is CCc1nc(Cl)cc(Sc2ccccc2C)n1. The number of nitrogens with zero attached hydrogens (tertiary/aromatic N) is 2. The van der Waals surface area contributed by atoms with E-state index in [0.717, 1.165) is 17.3 Å². The van der Waals surface area contributed by atoms with Crippen LogP contribution in [0.4, 0.5) is 0 Å². The summed E-state index contributed by atoms with van der Waals surface area (Å²) in [6, 6.07) is 10.0. The smallest absolute Gasteiger partial charge is 0.133 e. The number of hydrogen-bond acceptors (Lipinski definition) is 3. The van der Waals surface area contributed by atoms with Gasteiger partial charge in [0.15, 0.2) is 0 Å². The normalized spacial score (nSPS) is 10.5. The van der Waals surface area contributed by atoms with Crippen LogP contribution in [0.25, 0.3) is 0 Å². The number of aromatic nitrogens is 2. The highest BCUT2D eigenvalue weighted by molar-refractivity contribution is 7.99. The second-order valence-corrected chi connectivity index (χ2v) is 5.12. The van der Waals surface area contributed by atoms with Crippen LogP contribution in [-0.4, -0.2) is 9.97 Å². The van der Waals surface area contributed by atoms with E-state index < -0.39 is 0 Å². The summed E-state index contributed by atoms with van der Waals surface area (Å²) in [5.74, 6) is 0.786. The second-order valence-electron chi connectivity index (χ2n) is 3.67. The van der Waals surface area contributed by atoms with Crippen LogP contribution in [-0.2, 0) is 6.42 Å². The molecule has 0 aliphatic carbocycles. The number of halogens is 1. The van der Waals surface area contributed by atoms with Crippen molar-refractivity contribution in [1.82, 2.24) is 9.97 Å². The average molecular weight is 265 g/mol. The van der Waals surface area contributed by atoms with Crippen molar-refractivity contribution in [2.45, 2.75) is 30.2 Å². The molecular formula is C13H13ClN2S. The zero-order valence-electron chi connectivity index (χ0n) is 9.77. The quantitative estimate of drug-likeness (QED) is 0.779. The summed E-state index contributed by atoms with van der Waals surface area (Å²) in [7, 11) is 0. The summed E-state index contributed by atoms with van der Waals surface area (Å²) in [5, 5.41) is 1.41. The second kappa shape index (κ2) is 5.52. The molecule has 0 aliphatic heterocycles. The summed E-state index contributed by atoms with van der Waals surface area (Å²) in [5.41, 5.74) is 1.24. The Hall–Kier alpha value is -1.06. The van der Waals surface area contributed by atoms with Crippen molar-refractivity contribution in [3.8, 4) is 0 Å². The Bertz CT molecular complexity index is 529. The van der Waals surface area contributed by atoms with Gasteiger partial charge in [0, 0.05) is 17.4 Å². The third-order valence-electron chi connectivity index (χ3n) is 2.34. The molecule has 17 heavy (non-hydrogen) atoms. The van der Waals surface area contributed by atoms with Crippen molar-refractivity contribution in [1.29, 1.82) is 0 Å². The summed E-state index contributed by atoms with van der Waals surface area (Å²) < 4.78 is 0. The predicted molar refractivity (Wildman–Crippen MR) is 71.7 cm³/mol. The lowest BCUT2D eigenvalue weighted by Crippen LogP contribution is -1.94. The maximum absolute atomic E-state index is 5.97. The van der Waals surface area contributed by atoms with Gasteiger partial charge in [0.2, 0.25) is 0 Å². The fourth-order valence-electron chi connectivity index (χ4n) is 1.44. The van der Waals surface area contributed by atoms with Gasteiger partial charge in [-0.2, -0.15) is 0 Å². The van der Waals surface area contributed by atoms with Gasteiger partial charge in [-0.05, 0) is 18.6 Å². The van der Waals surface area contributed by atoms with Crippen molar-refractivity contribution in [2.75, 3.05) is 0 Å². The summed E-state index contributed by atoms with van der Waals surface area (Å²) in [4.78, 5) is 9.81. The molecular weight excluding hydrogens is 252 g/mol. The molecule has 1 heterocycles. The molecule has 88 valence electrons. The van der Waals surface area contributed by atoms with Crippen LogP contribution in [0.15, 0.2) is 40.3 Å². The fraction of sp³-hybridized carbons (Fsp3) is 0.231. The molecule has 0 saturated carbocycles. The van der Waals surface area contributed by atoms with Gasteiger partial charge in [0.1, 0.15) is 16.0 Å². The van der Waals surface area contributed by atoms with Gasteiger partial charge in [-0.3, -0.25) is 0 Å². The van der Waals surface area contributed by atoms with Crippen LogP contribution in [0.1, 0.15) is 18.3 Å². The first-order chi connectivity index (χ1) is 8.19. The van der Waals surface area contributed by atoms with E-state index >= 15 is 0 Å². The number of benzene rings is 1. The highest BCUT2D eigenvalue weighted by atomic mass is 35.5. The Balaban J connectivity index is 2.30. The molecule has 2 aromatic rings. The van der Waals surface area contributed by atoms with Crippen molar-refractivity contribution in [2.24, 2.45) is 0 Å². The van der Waals surface area contributed by atoms with Gasteiger partial charge < -0.3 is 0 Å². The van der Waals surface area contributed by atoms with E-state index in [2.05, 4.69) is 29.0 Å².